The van der Waals surface area contributed by atoms with E-state index in [-0.39, 0.29) is 20.6 Å². The second-order valence-electron chi connectivity index (χ2n) is 5.10. The normalized spacial score (nSPS) is 12.2. The zero-order valence-electron chi connectivity index (χ0n) is 12.7. The van der Waals surface area contributed by atoms with Gasteiger partial charge in [-0.15, -0.1) is 0 Å². The van der Waals surface area contributed by atoms with Gasteiger partial charge in [-0.05, 0) is 49.2 Å². The molecule has 2 aromatic carbocycles. The molecule has 0 saturated carbocycles. The third-order valence-corrected chi connectivity index (χ3v) is 6.18. The molecule has 0 atom stereocenters. The molecule has 0 aliphatic heterocycles. The van der Waals surface area contributed by atoms with Crippen molar-refractivity contribution in [3.63, 3.8) is 0 Å². The van der Waals surface area contributed by atoms with E-state index in [1.54, 1.807) is 13.0 Å². The number of sulfone groups is 1. The Kier molecular flexibility index (Phi) is 4.75. The number of hydrogen-bond donors (Lipinski definition) is 0. The highest BCUT2D eigenvalue weighted by Gasteiger charge is 2.23. The van der Waals surface area contributed by atoms with Crippen molar-refractivity contribution in [1.29, 1.82) is 0 Å². The van der Waals surface area contributed by atoms with Crippen LogP contribution in [0, 0.1) is 13.8 Å². The Balaban J connectivity index is 2.54. The van der Waals surface area contributed by atoms with Crippen molar-refractivity contribution in [3.8, 4) is 5.75 Å². The molecule has 0 unspecified atom stereocenters. The van der Waals surface area contributed by atoms with Crippen molar-refractivity contribution in [3.05, 3.63) is 52.5 Å². The summed E-state index contributed by atoms with van der Waals surface area (Å²) in [6.45, 7) is 3.56. The molecule has 0 aliphatic carbocycles. The Morgan fingerprint density at radius 1 is 1.00 bits per heavy atom. The first-order chi connectivity index (χ1) is 10.5. The molecule has 0 bridgehead atoms. The minimum Gasteiger partial charge on any atom is -0.379 e. The fourth-order valence-corrected chi connectivity index (χ4v) is 4.09. The van der Waals surface area contributed by atoms with Gasteiger partial charge in [0.05, 0.1) is 9.92 Å². The molecule has 0 heterocycles. The lowest BCUT2D eigenvalue weighted by Gasteiger charge is -2.12. The molecule has 2 rings (SSSR count). The summed E-state index contributed by atoms with van der Waals surface area (Å²) in [6.07, 6.45) is 0.984. The Morgan fingerprint density at radius 2 is 1.65 bits per heavy atom. The lowest BCUT2D eigenvalue weighted by atomic mass is 10.1. The van der Waals surface area contributed by atoms with Crippen LogP contribution in [-0.2, 0) is 20.0 Å². The topological polar surface area (TPSA) is 77.5 Å². The Morgan fingerprint density at radius 3 is 2.26 bits per heavy atom. The van der Waals surface area contributed by atoms with Crippen LogP contribution in [0.25, 0.3) is 0 Å². The third kappa shape index (κ3) is 3.85. The highest BCUT2D eigenvalue weighted by molar-refractivity contribution is 7.90. The molecule has 124 valence electrons. The first-order valence-corrected chi connectivity index (χ1v) is 10.2. The van der Waals surface area contributed by atoms with Crippen LogP contribution in [-0.4, -0.2) is 23.1 Å². The fourth-order valence-electron chi connectivity index (χ4n) is 1.88. The molecule has 0 aliphatic rings. The Bertz CT molecular complexity index is 963. The number of benzene rings is 2. The summed E-state index contributed by atoms with van der Waals surface area (Å²) in [7, 11) is -7.83. The van der Waals surface area contributed by atoms with E-state index >= 15 is 0 Å². The first-order valence-electron chi connectivity index (χ1n) is 6.52. The van der Waals surface area contributed by atoms with E-state index in [1.165, 1.54) is 18.2 Å². The molecular formula is C15H15ClO5S2. The Labute approximate surface area is 140 Å². The SMILES string of the molecule is Cc1cccc(OS(=O)(=O)c2cc(S(C)(=O)=O)ccc2Cl)c1C. The van der Waals surface area contributed by atoms with Crippen LogP contribution >= 0.6 is 11.6 Å². The van der Waals surface area contributed by atoms with Crippen LogP contribution < -0.4 is 4.18 Å². The molecule has 0 radical (unpaired) electrons. The predicted molar refractivity (Wildman–Crippen MR) is 88.3 cm³/mol. The van der Waals surface area contributed by atoms with Crippen molar-refractivity contribution in [2.75, 3.05) is 6.26 Å². The minimum atomic E-state index is -4.26. The summed E-state index contributed by atoms with van der Waals surface area (Å²) < 4.78 is 53.3. The van der Waals surface area contributed by atoms with Gasteiger partial charge in [0.15, 0.2) is 9.84 Å². The van der Waals surface area contributed by atoms with Gasteiger partial charge < -0.3 is 4.18 Å². The highest BCUT2D eigenvalue weighted by atomic mass is 35.5. The van der Waals surface area contributed by atoms with Crippen molar-refractivity contribution in [2.24, 2.45) is 0 Å². The summed E-state index contributed by atoms with van der Waals surface area (Å²) in [6, 6.07) is 8.48. The van der Waals surface area contributed by atoms with E-state index in [0.717, 1.165) is 17.9 Å². The predicted octanol–water partition coefficient (Wildman–Crippen LogP) is 3.13. The second-order valence-corrected chi connectivity index (χ2v) is 9.04. The van der Waals surface area contributed by atoms with Gasteiger partial charge >= 0.3 is 10.1 Å². The van der Waals surface area contributed by atoms with Gasteiger partial charge in [-0.3, -0.25) is 0 Å². The van der Waals surface area contributed by atoms with E-state index < -0.39 is 20.0 Å². The van der Waals surface area contributed by atoms with Gasteiger partial charge in [0.25, 0.3) is 0 Å². The molecule has 2 aromatic rings. The lowest BCUT2D eigenvalue weighted by molar-refractivity contribution is 0.484. The van der Waals surface area contributed by atoms with Gasteiger partial charge in [0.2, 0.25) is 0 Å². The van der Waals surface area contributed by atoms with Crippen LogP contribution in [0.15, 0.2) is 46.2 Å². The minimum absolute atomic E-state index is 0.109. The summed E-state index contributed by atoms with van der Waals surface area (Å²) in [5, 5.41) is -0.109. The molecule has 0 fully saturated rings. The van der Waals surface area contributed by atoms with Crippen molar-refractivity contribution >= 4 is 31.6 Å². The van der Waals surface area contributed by atoms with Crippen LogP contribution in [0.5, 0.6) is 5.75 Å². The van der Waals surface area contributed by atoms with E-state index in [0.29, 0.717) is 5.56 Å². The van der Waals surface area contributed by atoms with Gasteiger partial charge in [0.1, 0.15) is 10.6 Å². The molecule has 23 heavy (non-hydrogen) atoms. The number of aryl methyl sites for hydroxylation is 1. The zero-order chi connectivity index (χ0) is 17.4. The summed E-state index contributed by atoms with van der Waals surface area (Å²) in [4.78, 5) is -0.534. The number of halogens is 1. The molecule has 5 nitrogen and oxygen atoms in total. The molecule has 8 heteroatoms. The molecule has 0 saturated heterocycles. The lowest BCUT2D eigenvalue weighted by Crippen LogP contribution is -2.12. The fraction of sp³-hybridized carbons (Fsp3) is 0.200. The standard InChI is InChI=1S/C15H15ClO5S2/c1-10-5-4-6-14(11(10)2)21-23(19,20)15-9-12(22(3,17)18)7-8-13(15)16/h4-9H,1-3H3. The van der Waals surface area contributed by atoms with Crippen LogP contribution in [0.2, 0.25) is 5.02 Å². The van der Waals surface area contributed by atoms with Crippen molar-refractivity contribution in [2.45, 2.75) is 23.6 Å². The maximum absolute atomic E-state index is 12.5. The van der Waals surface area contributed by atoms with Gasteiger partial charge in [-0.1, -0.05) is 23.7 Å². The van der Waals surface area contributed by atoms with Gasteiger partial charge in [-0.2, -0.15) is 8.42 Å². The average Bonchev–Trinajstić information content (AvgIpc) is 2.42. The summed E-state index contributed by atoms with van der Waals surface area (Å²) in [5.41, 5.74) is 1.54. The Hall–Kier alpha value is -1.57. The molecular weight excluding hydrogens is 360 g/mol. The summed E-state index contributed by atoms with van der Waals surface area (Å²) >= 11 is 5.91. The number of hydrogen-bond acceptors (Lipinski definition) is 5. The molecule has 0 N–H and O–H groups in total. The molecule has 0 aromatic heterocycles. The molecule has 0 amide bonds. The monoisotopic (exact) mass is 374 g/mol. The van der Waals surface area contributed by atoms with E-state index in [9.17, 15) is 16.8 Å². The van der Waals surface area contributed by atoms with E-state index in [1.807, 2.05) is 13.0 Å². The maximum Gasteiger partial charge on any atom is 0.340 e. The van der Waals surface area contributed by atoms with Crippen LogP contribution in [0.4, 0.5) is 0 Å². The van der Waals surface area contributed by atoms with E-state index in [2.05, 4.69) is 0 Å². The second kappa shape index (κ2) is 6.14. The average molecular weight is 375 g/mol. The summed E-state index contributed by atoms with van der Waals surface area (Å²) in [5.74, 6) is 0.172. The largest absolute Gasteiger partial charge is 0.379 e. The third-order valence-electron chi connectivity index (χ3n) is 3.35. The van der Waals surface area contributed by atoms with Crippen molar-refractivity contribution < 1.29 is 21.0 Å². The number of rotatable bonds is 4. The zero-order valence-corrected chi connectivity index (χ0v) is 15.1. The van der Waals surface area contributed by atoms with Crippen molar-refractivity contribution in [1.82, 2.24) is 0 Å². The quantitative estimate of drug-likeness (QED) is 0.768. The van der Waals surface area contributed by atoms with Gasteiger partial charge in [-0.25, -0.2) is 8.42 Å². The van der Waals surface area contributed by atoms with Crippen LogP contribution in [0.3, 0.4) is 0 Å². The highest BCUT2D eigenvalue weighted by Crippen LogP contribution is 2.29. The van der Waals surface area contributed by atoms with Crippen LogP contribution in [0.1, 0.15) is 11.1 Å². The first kappa shape index (κ1) is 17.8. The van der Waals surface area contributed by atoms with Gasteiger partial charge in [0, 0.05) is 6.26 Å². The molecule has 0 spiro atoms. The smallest absolute Gasteiger partial charge is 0.340 e. The van der Waals surface area contributed by atoms with E-state index in [4.69, 9.17) is 15.8 Å². The maximum atomic E-state index is 12.5.